The van der Waals surface area contributed by atoms with Crippen LogP contribution in [0.1, 0.15) is 10.4 Å². The number of carbonyl (C=O) groups is 1. The Morgan fingerprint density at radius 3 is 2.59 bits per heavy atom. The maximum atomic E-state index is 13.9. The van der Waals surface area contributed by atoms with E-state index in [4.69, 9.17) is 11.6 Å². The van der Waals surface area contributed by atoms with Gasteiger partial charge < -0.3 is 10.6 Å². The molecule has 2 aromatic carbocycles. The molecule has 5 nitrogen and oxygen atoms in total. The van der Waals surface area contributed by atoms with Gasteiger partial charge in [0.05, 0.1) is 16.3 Å². The van der Waals surface area contributed by atoms with Gasteiger partial charge in [-0.2, -0.15) is 0 Å². The zero-order valence-corrected chi connectivity index (χ0v) is 16.5. The van der Waals surface area contributed by atoms with Gasteiger partial charge in [-0.3, -0.25) is 9.78 Å². The normalized spacial score (nSPS) is 10.6. The summed E-state index contributed by atoms with van der Waals surface area (Å²) in [7, 11) is 0. The number of nitrogens with zero attached hydrogens (tertiary/aromatic N) is 2. The molecule has 0 atom stereocenters. The van der Waals surface area contributed by atoms with Gasteiger partial charge in [-0.1, -0.05) is 23.7 Å². The smallest absolute Gasteiger partial charge is 0.260 e. The number of benzene rings is 2. The molecule has 8 heteroatoms. The van der Waals surface area contributed by atoms with Gasteiger partial charge in [-0.25, -0.2) is 9.37 Å². The number of rotatable bonds is 5. The number of anilines is 3. The van der Waals surface area contributed by atoms with Crippen molar-refractivity contribution in [2.24, 2.45) is 0 Å². The van der Waals surface area contributed by atoms with E-state index in [1.54, 1.807) is 30.6 Å². The third-order valence-corrected chi connectivity index (χ3v) is 5.11. The van der Waals surface area contributed by atoms with E-state index < -0.39 is 11.7 Å². The van der Waals surface area contributed by atoms with Crippen LogP contribution in [-0.4, -0.2) is 15.9 Å². The Hall–Kier alpha value is -3.29. The van der Waals surface area contributed by atoms with Crippen LogP contribution >= 0.6 is 22.9 Å². The lowest BCUT2D eigenvalue weighted by Crippen LogP contribution is -2.14. The number of nitrogens with one attached hydrogen (secondary N) is 2. The highest BCUT2D eigenvalue weighted by Gasteiger charge is 2.16. The van der Waals surface area contributed by atoms with Crippen LogP contribution in [0.15, 0.2) is 72.4 Å². The minimum Gasteiger partial charge on any atom is -0.331 e. The highest BCUT2D eigenvalue weighted by molar-refractivity contribution is 7.14. The van der Waals surface area contributed by atoms with Gasteiger partial charge in [-0.05, 0) is 42.5 Å². The molecule has 144 valence electrons. The van der Waals surface area contributed by atoms with Crippen LogP contribution in [0.5, 0.6) is 0 Å². The fraction of sp³-hybridized carbons (Fsp3) is 0. The van der Waals surface area contributed by atoms with Crippen LogP contribution in [0.25, 0.3) is 11.3 Å². The second-order valence-corrected chi connectivity index (χ2v) is 7.30. The first kappa shape index (κ1) is 19.0. The Kier molecular flexibility index (Phi) is 5.50. The molecule has 0 bridgehead atoms. The predicted octanol–water partition coefficient (Wildman–Crippen LogP) is 5.99. The van der Waals surface area contributed by atoms with E-state index in [0.717, 1.165) is 16.9 Å². The molecular formula is C21H14ClFN4OS. The average Bonchev–Trinajstić information content (AvgIpc) is 3.17. The highest BCUT2D eigenvalue weighted by atomic mass is 35.5. The summed E-state index contributed by atoms with van der Waals surface area (Å²) in [6.45, 7) is 0. The molecule has 1 amide bonds. The molecule has 4 aromatic rings. The first-order valence-electron chi connectivity index (χ1n) is 8.58. The summed E-state index contributed by atoms with van der Waals surface area (Å²) in [6, 6.07) is 15.0. The van der Waals surface area contributed by atoms with Gasteiger partial charge in [0.15, 0.2) is 5.13 Å². The zero-order chi connectivity index (χ0) is 20.2. The fourth-order valence-corrected chi connectivity index (χ4v) is 3.68. The molecule has 0 aliphatic rings. The fourth-order valence-electron chi connectivity index (χ4n) is 2.69. The quantitative estimate of drug-likeness (QED) is 0.412. The molecule has 0 fully saturated rings. The standard InChI is InChI=1S/C21H14ClFN4OS/c22-16-5-2-6-17(23)19(16)20(28)25-14-3-1-4-15(11-14)26-21-27-18(12-29-21)13-7-9-24-10-8-13/h1-12H,(H,25,28)(H,26,27). The molecule has 0 aliphatic carbocycles. The number of hydrogen-bond acceptors (Lipinski definition) is 5. The van der Waals surface area contributed by atoms with E-state index in [1.165, 1.54) is 29.5 Å². The topological polar surface area (TPSA) is 66.9 Å². The molecule has 0 saturated carbocycles. The van der Waals surface area contributed by atoms with Crippen LogP contribution in [-0.2, 0) is 0 Å². The minimum atomic E-state index is -0.671. The lowest BCUT2D eigenvalue weighted by Gasteiger charge is -2.09. The van der Waals surface area contributed by atoms with Gasteiger partial charge in [0, 0.05) is 34.7 Å². The van der Waals surface area contributed by atoms with Crippen LogP contribution in [0, 0.1) is 5.82 Å². The third kappa shape index (κ3) is 4.42. The average molecular weight is 425 g/mol. The molecule has 0 radical (unpaired) electrons. The lowest BCUT2D eigenvalue weighted by atomic mass is 10.2. The van der Waals surface area contributed by atoms with Crippen LogP contribution in [0.4, 0.5) is 20.9 Å². The number of carbonyl (C=O) groups excluding carboxylic acids is 1. The van der Waals surface area contributed by atoms with Crippen molar-refractivity contribution in [2.75, 3.05) is 10.6 Å². The lowest BCUT2D eigenvalue weighted by molar-refractivity contribution is 0.102. The van der Waals surface area contributed by atoms with Crippen LogP contribution in [0.3, 0.4) is 0 Å². The Morgan fingerprint density at radius 1 is 1.03 bits per heavy atom. The SMILES string of the molecule is O=C(Nc1cccc(Nc2nc(-c3ccncc3)cs2)c1)c1c(F)cccc1Cl. The number of amides is 1. The van der Waals surface area contributed by atoms with Crippen molar-refractivity contribution in [2.45, 2.75) is 0 Å². The summed E-state index contributed by atoms with van der Waals surface area (Å²) >= 11 is 7.42. The molecular weight excluding hydrogens is 411 g/mol. The van der Waals surface area contributed by atoms with Crippen molar-refractivity contribution in [3.05, 3.63) is 88.8 Å². The summed E-state index contributed by atoms with van der Waals surface area (Å²) in [5.41, 5.74) is 2.88. The summed E-state index contributed by atoms with van der Waals surface area (Å²) in [5.74, 6) is -1.28. The first-order chi connectivity index (χ1) is 14.1. The van der Waals surface area contributed by atoms with Gasteiger partial charge in [0.2, 0.25) is 0 Å². The summed E-state index contributed by atoms with van der Waals surface area (Å²) < 4.78 is 13.9. The number of thiazole rings is 1. The minimum absolute atomic E-state index is 0.0585. The van der Waals surface area contributed by atoms with E-state index >= 15 is 0 Å². The van der Waals surface area contributed by atoms with Crippen molar-refractivity contribution in [3.63, 3.8) is 0 Å². The number of pyridine rings is 1. The van der Waals surface area contributed by atoms with E-state index in [-0.39, 0.29) is 10.6 Å². The predicted molar refractivity (Wildman–Crippen MR) is 114 cm³/mol. The van der Waals surface area contributed by atoms with E-state index in [9.17, 15) is 9.18 Å². The van der Waals surface area contributed by atoms with Crippen LogP contribution < -0.4 is 10.6 Å². The van der Waals surface area contributed by atoms with Crippen molar-refractivity contribution in [1.29, 1.82) is 0 Å². The summed E-state index contributed by atoms with van der Waals surface area (Å²) in [5, 5.41) is 8.59. The molecule has 0 aliphatic heterocycles. The Balaban J connectivity index is 1.50. The molecule has 2 aromatic heterocycles. The molecule has 29 heavy (non-hydrogen) atoms. The van der Waals surface area contributed by atoms with E-state index in [1.807, 2.05) is 23.6 Å². The maximum absolute atomic E-state index is 13.9. The van der Waals surface area contributed by atoms with Crippen molar-refractivity contribution < 1.29 is 9.18 Å². The van der Waals surface area contributed by atoms with Crippen LogP contribution in [0.2, 0.25) is 5.02 Å². The van der Waals surface area contributed by atoms with Crippen molar-refractivity contribution >= 4 is 45.4 Å². The largest absolute Gasteiger partial charge is 0.331 e. The molecule has 2 heterocycles. The second-order valence-electron chi connectivity index (χ2n) is 6.03. The number of halogens is 2. The van der Waals surface area contributed by atoms with E-state index in [0.29, 0.717) is 10.8 Å². The molecule has 2 N–H and O–H groups in total. The first-order valence-corrected chi connectivity index (χ1v) is 9.84. The van der Waals surface area contributed by atoms with Crippen molar-refractivity contribution in [3.8, 4) is 11.3 Å². The Bertz CT molecular complexity index is 1150. The van der Waals surface area contributed by atoms with Gasteiger partial charge in [0.25, 0.3) is 5.91 Å². The molecule has 4 rings (SSSR count). The van der Waals surface area contributed by atoms with Crippen molar-refractivity contribution in [1.82, 2.24) is 9.97 Å². The number of aromatic nitrogens is 2. The maximum Gasteiger partial charge on any atom is 0.260 e. The molecule has 0 unspecified atom stereocenters. The van der Waals surface area contributed by atoms with E-state index in [2.05, 4.69) is 20.6 Å². The third-order valence-electron chi connectivity index (χ3n) is 4.04. The summed E-state index contributed by atoms with van der Waals surface area (Å²) in [4.78, 5) is 21.0. The molecule has 0 spiro atoms. The highest BCUT2D eigenvalue weighted by Crippen LogP contribution is 2.28. The monoisotopic (exact) mass is 424 g/mol. The second kappa shape index (κ2) is 8.38. The van der Waals surface area contributed by atoms with Gasteiger partial charge in [0.1, 0.15) is 5.82 Å². The Morgan fingerprint density at radius 2 is 1.79 bits per heavy atom. The number of hydrogen-bond donors (Lipinski definition) is 2. The summed E-state index contributed by atoms with van der Waals surface area (Å²) in [6.07, 6.45) is 3.44. The Labute approximate surface area is 175 Å². The van der Waals surface area contributed by atoms with Gasteiger partial charge >= 0.3 is 0 Å². The molecule has 0 saturated heterocycles. The zero-order valence-electron chi connectivity index (χ0n) is 14.9. The van der Waals surface area contributed by atoms with Gasteiger partial charge in [-0.15, -0.1) is 11.3 Å².